The largest absolute Gasteiger partial charge is 0.481 e. The van der Waals surface area contributed by atoms with Gasteiger partial charge in [0.1, 0.15) is 0 Å². The third-order valence-electron chi connectivity index (χ3n) is 2.25. The van der Waals surface area contributed by atoms with Crippen LogP contribution in [0.5, 0.6) is 0 Å². The molecule has 0 aromatic carbocycles. The summed E-state index contributed by atoms with van der Waals surface area (Å²) in [6.45, 7) is 1.50. The molecule has 1 aromatic heterocycles. The number of unbranched alkanes of at least 4 members (excludes halogenated alkanes) is 2. The molecule has 0 fully saturated rings. The van der Waals surface area contributed by atoms with E-state index in [0.717, 1.165) is 38.9 Å². The number of hydrogen-bond acceptors (Lipinski definition) is 3. The average molecular weight is 242 g/mol. The number of carboxylic acids is 1. The Labute approximate surface area is 100 Å². The monoisotopic (exact) mass is 242 g/mol. The van der Waals surface area contributed by atoms with Crippen LogP contribution in [0.25, 0.3) is 0 Å². The molecule has 0 radical (unpaired) electrons. The van der Waals surface area contributed by atoms with Crippen molar-refractivity contribution in [2.24, 2.45) is 0 Å². The maximum atomic E-state index is 10.2. The summed E-state index contributed by atoms with van der Waals surface area (Å²) in [5.41, 5.74) is 0. The summed E-state index contributed by atoms with van der Waals surface area (Å²) in [6.07, 6.45) is 3.90. The van der Waals surface area contributed by atoms with E-state index >= 15 is 0 Å². The maximum Gasteiger partial charge on any atom is 0.303 e. The first-order chi connectivity index (χ1) is 7.79. The summed E-state index contributed by atoms with van der Waals surface area (Å²) < 4.78 is 5.47. The quantitative estimate of drug-likeness (QED) is 0.677. The molecule has 16 heavy (non-hydrogen) atoms. The molecule has 4 heteroatoms. The fourth-order valence-electron chi connectivity index (χ4n) is 1.39. The number of ether oxygens (including phenoxy) is 1. The van der Waals surface area contributed by atoms with Crippen LogP contribution in [0, 0.1) is 0 Å². The lowest BCUT2D eigenvalue weighted by molar-refractivity contribution is -0.137. The molecule has 0 aliphatic carbocycles. The summed E-state index contributed by atoms with van der Waals surface area (Å²) in [5, 5.41) is 10.5. The van der Waals surface area contributed by atoms with Crippen LogP contribution in [0.4, 0.5) is 0 Å². The van der Waals surface area contributed by atoms with E-state index in [2.05, 4.69) is 11.4 Å². The minimum atomic E-state index is -0.710. The molecule has 0 aliphatic rings. The average Bonchev–Trinajstić information content (AvgIpc) is 2.74. The molecule has 3 nitrogen and oxygen atoms in total. The van der Waals surface area contributed by atoms with Crippen LogP contribution in [0.3, 0.4) is 0 Å². The summed E-state index contributed by atoms with van der Waals surface area (Å²) in [4.78, 5) is 11.6. The fourth-order valence-corrected chi connectivity index (χ4v) is 2.08. The van der Waals surface area contributed by atoms with Gasteiger partial charge in [-0.25, -0.2) is 0 Å². The van der Waals surface area contributed by atoms with Crippen LogP contribution in [-0.4, -0.2) is 24.3 Å². The highest BCUT2D eigenvalue weighted by Gasteiger charge is 1.97. The molecule has 0 saturated carbocycles. The molecule has 0 unspecified atom stereocenters. The first-order valence-electron chi connectivity index (χ1n) is 5.61. The first-order valence-corrected chi connectivity index (χ1v) is 6.49. The maximum absolute atomic E-state index is 10.2. The predicted molar refractivity (Wildman–Crippen MR) is 64.9 cm³/mol. The second-order valence-electron chi connectivity index (χ2n) is 3.65. The van der Waals surface area contributed by atoms with Crippen molar-refractivity contribution in [3.05, 3.63) is 22.4 Å². The van der Waals surface area contributed by atoms with E-state index in [0.29, 0.717) is 0 Å². The third kappa shape index (κ3) is 6.58. The van der Waals surface area contributed by atoms with Crippen molar-refractivity contribution in [3.8, 4) is 0 Å². The van der Waals surface area contributed by atoms with E-state index in [1.807, 2.05) is 6.07 Å². The van der Waals surface area contributed by atoms with Gasteiger partial charge in [0.05, 0.1) is 6.61 Å². The van der Waals surface area contributed by atoms with Crippen LogP contribution in [-0.2, 0) is 16.0 Å². The highest BCUT2D eigenvalue weighted by Crippen LogP contribution is 2.09. The minimum Gasteiger partial charge on any atom is -0.481 e. The van der Waals surface area contributed by atoms with Gasteiger partial charge in [0, 0.05) is 24.3 Å². The zero-order chi connectivity index (χ0) is 11.6. The van der Waals surface area contributed by atoms with Crippen molar-refractivity contribution in [1.29, 1.82) is 0 Å². The van der Waals surface area contributed by atoms with E-state index in [1.54, 1.807) is 11.3 Å². The molecule has 0 bridgehead atoms. The van der Waals surface area contributed by atoms with Crippen LogP contribution in [0.15, 0.2) is 17.5 Å². The van der Waals surface area contributed by atoms with Crippen LogP contribution in [0.2, 0.25) is 0 Å². The highest BCUT2D eigenvalue weighted by atomic mass is 32.1. The number of rotatable bonds is 9. The first kappa shape index (κ1) is 13.2. The van der Waals surface area contributed by atoms with Gasteiger partial charge < -0.3 is 9.84 Å². The number of aliphatic carboxylic acids is 1. The predicted octanol–water partition coefficient (Wildman–Crippen LogP) is 2.95. The van der Waals surface area contributed by atoms with Gasteiger partial charge in [-0.15, -0.1) is 11.3 Å². The van der Waals surface area contributed by atoms with Crippen LogP contribution < -0.4 is 0 Å². The number of carbonyl (C=O) groups is 1. The molecule has 0 amide bonds. The summed E-state index contributed by atoms with van der Waals surface area (Å²) >= 11 is 1.75. The van der Waals surface area contributed by atoms with Crippen molar-refractivity contribution >= 4 is 17.3 Å². The summed E-state index contributed by atoms with van der Waals surface area (Å²) in [7, 11) is 0. The Bertz CT molecular complexity index is 282. The van der Waals surface area contributed by atoms with Gasteiger partial charge in [0.2, 0.25) is 0 Å². The van der Waals surface area contributed by atoms with E-state index in [4.69, 9.17) is 9.84 Å². The minimum absolute atomic E-state index is 0.273. The second kappa shape index (κ2) is 8.30. The van der Waals surface area contributed by atoms with Crippen molar-refractivity contribution in [3.63, 3.8) is 0 Å². The van der Waals surface area contributed by atoms with Gasteiger partial charge in [0.25, 0.3) is 0 Å². The van der Waals surface area contributed by atoms with E-state index in [9.17, 15) is 4.79 Å². The molecule has 0 saturated heterocycles. The van der Waals surface area contributed by atoms with Gasteiger partial charge in [-0.2, -0.15) is 0 Å². The zero-order valence-corrected chi connectivity index (χ0v) is 10.2. The van der Waals surface area contributed by atoms with E-state index in [1.165, 1.54) is 4.88 Å². The van der Waals surface area contributed by atoms with Gasteiger partial charge in [-0.05, 0) is 24.3 Å². The Hall–Kier alpha value is -0.870. The fraction of sp³-hybridized carbons (Fsp3) is 0.583. The molecule has 1 aromatic rings. The SMILES string of the molecule is O=C(O)CCCCCOCCc1cccs1. The highest BCUT2D eigenvalue weighted by molar-refractivity contribution is 7.09. The van der Waals surface area contributed by atoms with Gasteiger partial charge in [0.15, 0.2) is 0 Å². The van der Waals surface area contributed by atoms with Gasteiger partial charge in [-0.3, -0.25) is 4.79 Å². The molecule has 0 spiro atoms. The zero-order valence-electron chi connectivity index (χ0n) is 9.35. The van der Waals surface area contributed by atoms with E-state index in [-0.39, 0.29) is 6.42 Å². The van der Waals surface area contributed by atoms with Gasteiger partial charge >= 0.3 is 5.97 Å². The van der Waals surface area contributed by atoms with Crippen LogP contribution >= 0.6 is 11.3 Å². The molecule has 1 rings (SSSR count). The summed E-state index contributed by atoms with van der Waals surface area (Å²) in [5.74, 6) is -0.710. The van der Waals surface area contributed by atoms with Gasteiger partial charge in [-0.1, -0.05) is 12.5 Å². The molecular weight excluding hydrogens is 224 g/mol. The molecular formula is C12H18O3S. The number of carboxylic acid groups (broad SMARTS) is 1. The smallest absolute Gasteiger partial charge is 0.303 e. The topological polar surface area (TPSA) is 46.5 Å². The Kier molecular flexibility index (Phi) is 6.85. The van der Waals surface area contributed by atoms with Crippen molar-refractivity contribution in [2.45, 2.75) is 32.1 Å². The Morgan fingerprint density at radius 2 is 2.19 bits per heavy atom. The van der Waals surface area contributed by atoms with Crippen LogP contribution in [0.1, 0.15) is 30.6 Å². The Morgan fingerprint density at radius 1 is 1.31 bits per heavy atom. The number of hydrogen-bond donors (Lipinski definition) is 1. The molecule has 1 N–H and O–H groups in total. The molecule has 1 heterocycles. The Balaban J connectivity index is 1.83. The summed E-state index contributed by atoms with van der Waals surface area (Å²) in [6, 6.07) is 4.16. The van der Waals surface area contributed by atoms with Crippen molar-refractivity contribution in [2.75, 3.05) is 13.2 Å². The lowest BCUT2D eigenvalue weighted by Gasteiger charge is -2.02. The lowest BCUT2D eigenvalue weighted by Crippen LogP contribution is -2.00. The second-order valence-corrected chi connectivity index (χ2v) is 4.68. The Morgan fingerprint density at radius 3 is 2.88 bits per heavy atom. The third-order valence-corrected chi connectivity index (χ3v) is 3.19. The molecule has 0 aliphatic heterocycles. The van der Waals surface area contributed by atoms with Crippen molar-refractivity contribution < 1.29 is 14.6 Å². The standard InChI is InChI=1S/C12H18O3S/c13-12(14)6-2-1-3-8-15-9-7-11-5-4-10-16-11/h4-5,10H,1-3,6-9H2,(H,13,14). The number of thiophene rings is 1. The molecule has 90 valence electrons. The normalized spacial score (nSPS) is 10.5. The van der Waals surface area contributed by atoms with Crippen molar-refractivity contribution in [1.82, 2.24) is 0 Å². The van der Waals surface area contributed by atoms with E-state index < -0.39 is 5.97 Å². The lowest BCUT2D eigenvalue weighted by atomic mass is 10.2. The molecule has 0 atom stereocenters.